The second-order valence-electron chi connectivity index (χ2n) is 6.19. The standard InChI is InChI=1S/C16H24N2O4/c1-11(6-12(2)19)8-17-16(21)13-7-15(20)18(9-13)10-14-4-3-5-22-14/h3-5,11-13,19H,6-10H2,1-2H3,(H,17,21). The molecule has 6 nitrogen and oxygen atoms in total. The average Bonchev–Trinajstić information content (AvgIpc) is 3.06. The van der Waals surface area contributed by atoms with Gasteiger partial charge < -0.3 is 19.7 Å². The van der Waals surface area contributed by atoms with Crippen molar-refractivity contribution >= 4 is 11.8 Å². The first-order valence-electron chi connectivity index (χ1n) is 7.71. The van der Waals surface area contributed by atoms with Gasteiger partial charge in [0.1, 0.15) is 5.76 Å². The summed E-state index contributed by atoms with van der Waals surface area (Å²) < 4.78 is 5.24. The lowest BCUT2D eigenvalue weighted by atomic mass is 10.0. The first-order chi connectivity index (χ1) is 10.5. The smallest absolute Gasteiger partial charge is 0.225 e. The highest BCUT2D eigenvalue weighted by molar-refractivity contribution is 5.89. The molecule has 1 aromatic heterocycles. The number of aliphatic hydroxyl groups is 1. The Morgan fingerprint density at radius 3 is 2.95 bits per heavy atom. The summed E-state index contributed by atoms with van der Waals surface area (Å²) in [5.41, 5.74) is 0. The summed E-state index contributed by atoms with van der Waals surface area (Å²) in [5, 5.41) is 12.2. The van der Waals surface area contributed by atoms with Gasteiger partial charge in [0.2, 0.25) is 11.8 Å². The molecule has 1 aliphatic heterocycles. The molecule has 3 atom stereocenters. The number of rotatable bonds is 7. The van der Waals surface area contributed by atoms with E-state index in [0.29, 0.717) is 26.1 Å². The minimum Gasteiger partial charge on any atom is -0.467 e. The Hall–Kier alpha value is -1.82. The van der Waals surface area contributed by atoms with Gasteiger partial charge in [-0.2, -0.15) is 0 Å². The zero-order valence-electron chi connectivity index (χ0n) is 13.1. The Kier molecular flexibility index (Phi) is 5.60. The highest BCUT2D eigenvalue weighted by Crippen LogP contribution is 2.20. The summed E-state index contributed by atoms with van der Waals surface area (Å²) in [5.74, 6) is 0.516. The van der Waals surface area contributed by atoms with Gasteiger partial charge in [-0.25, -0.2) is 0 Å². The molecular formula is C16H24N2O4. The Labute approximate surface area is 130 Å². The molecule has 2 N–H and O–H groups in total. The minimum atomic E-state index is -0.372. The summed E-state index contributed by atoms with van der Waals surface area (Å²) in [6, 6.07) is 3.60. The number of furan rings is 1. The van der Waals surface area contributed by atoms with E-state index in [1.54, 1.807) is 24.2 Å². The van der Waals surface area contributed by atoms with Crippen LogP contribution in [0.3, 0.4) is 0 Å². The van der Waals surface area contributed by atoms with Crippen LogP contribution in [-0.4, -0.2) is 41.0 Å². The summed E-state index contributed by atoms with van der Waals surface area (Å²) in [6.45, 7) is 5.08. The highest BCUT2D eigenvalue weighted by Gasteiger charge is 2.34. The van der Waals surface area contributed by atoms with Crippen LogP contribution in [0.2, 0.25) is 0 Å². The maximum Gasteiger partial charge on any atom is 0.225 e. The van der Waals surface area contributed by atoms with Gasteiger partial charge in [-0.1, -0.05) is 6.92 Å². The molecule has 2 amide bonds. The molecule has 1 fully saturated rings. The van der Waals surface area contributed by atoms with Crippen molar-refractivity contribution in [2.45, 2.75) is 39.3 Å². The fourth-order valence-corrected chi connectivity index (χ4v) is 2.78. The van der Waals surface area contributed by atoms with Crippen LogP contribution in [0.5, 0.6) is 0 Å². The van der Waals surface area contributed by atoms with Crippen LogP contribution < -0.4 is 5.32 Å². The maximum atomic E-state index is 12.2. The van der Waals surface area contributed by atoms with Crippen LogP contribution in [0.1, 0.15) is 32.4 Å². The molecule has 0 spiro atoms. The number of hydrogen-bond acceptors (Lipinski definition) is 4. The molecule has 1 saturated heterocycles. The maximum absolute atomic E-state index is 12.2. The number of likely N-dealkylation sites (tertiary alicyclic amines) is 1. The molecule has 2 heterocycles. The number of carbonyl (C=O) groups excluding carboxylic acids is 2. The van der Waals surface area contributed by atoms with E-state index in [0.717, 1.165) is 5.76 Å². The van der Waals surface area contributed by atoms with E-state index in [1.165, 1.54) is 0 Å². The zero-order valence-corrected chi connectivity index (χ0v) is 13.1. The summed E-state index contributed by atoms with van der Waals surface area (Å²) >= 11 is 0. The fraction of sp³-hybridized carbons (Fsp3) is 0.625. The molecule has 0 radical (unpaired) electrons. The van der Waals surface area contributed by atoms with Crippen molar-refractivity contribution in [1.29, 1.82) is 0 Å². The van der Waals surface area contributed by atoms with Crippen molar-refractivity contribution in [3.05, 3.63) is 24.2 Å². The minimum absolute atomic E-state index is 0.0198. The van der Waals surface area contributed by atoms with E-state index >= 15 is 0 Å². The molecule has 0 aromatic carbocycles. The quantitative estimate of drug-likeness (QED) is 0.791. The lowest BCUT2D eigenvalue weighted by Gasteiger charge is -2.17. The Balaban J connectivity index is 1.78. The van der Waals surface area contributed by atoms with Crippen LogP contribution in [-0.2, 0) is 16.1 Å². The van der Waals surface area contributed by atoms with Crippen LogP contribution >= 0.6 is 0 Å². The lowest BCUT2D eigenvalue weighted by Crippen LogP contribution is -2.35. The third-order valence-electron chi connectivity index (χ3n) is 3.88. The fourth-order valence-electron chi connectivity index (χ4n) is 2.78. The van der Waals surface area contributed by atoms with E-state index in [-0.39, 0.29) is 36.2 Å². The van der Waals surface area contributed by atoms with E-state index in [2.05, 4.69) is 5.32 Å². The molecule has 6 heteroatoms. The van der Waals surface area contributed by atoms with Crippen molar-refractivity contribution in [1.82, 2.24) is 10.2 Å². The van der Waals surface area contributed by atoms with Crippen molar-refractivity contribution < 1.29 is 19.1 Å². The third-order valence-corrected chi connectivity index (χ3v) is 3.88. The summed E-state index contributed by atoms with van der Waals surface area (Å²) in [6.07, 6.45) is 2.10. The second-order valence-corrected chi connectivity index (χ2v) is 6.19. The number of amides is 2. The van der Waals surface area contributed by atoms with Gasteiger partial charge in [-0.05, 0) is 31.4 Å². The summed E-state index contributed by atoms with van der Waals surface area (Å²) in [7, 11) is 0. The topological polar surface area (TPSA) is 82.8 Å². The molecular weight excluding hydrogens is 284 g/mol. The van der Waals surface area contributed by atoms with Crippen LogP contribution in [0.25, 0.3) is 0 Å². The van der Waals surface area contributed by atoms with Gasteiger partial charge >= 0.3 is 0 Å². The van der Waals surface area contributed by atoms with E-state index in [4.69, 9.17) is 4.42 Å². The Morgan fingerprint density at radius 1 is 1.55 bits per heavy atom. The molecule has 0 aliphatic carbocycles. The molecule has 122 valence electrons. The molecule has 22 heavy (non-hydrogen) atoms. The van der Waals surface area contributed by atoms with Gasteiger partial charge in [0, 0.05) is 19.5 Å². The Morgan fingerprint density at radius 2 is 2.32 bits per heavy atom. The van der Waals surface area contributed by atoms with E-state index in [9.17, 15) is 14.7 Å². The summed E-state index contributed by atoms with van der Waals surface area (Å²) in [4.78, 5) is 25.8. The van der Waals surface area contributed by atoms with Gasteiger partial charge in [-0.15, -0.1) is 0 Å². The molecule has 2 rings (SSSR count). The van der Waals surface area contributed by atoms with Crippen molar-refractivity contribution in [3.63, 3.8) is 0 Å². The van der Waals surface area contributed by atoms with Crippen molar-refractivity contribution in [2.75, 3.05) is 13.1 Å². The largest absolute Gasteiger partial charge is 0.467 e. The van der Waals surface area contributed by atoms with Gasteiger partial charge in [-0.3, -0.25) is 9.59 Å². The average molecular weight is 308 g/mol. The monoisotopic (exact) mass is 308 g/mol. The first kappa shape index (κ1) is 16.5. The van der Waals surface area contributed by atoms with Gasteiger partial charge in [0.15, 0.2) is 0 Å². The molecule has 0 bridgehead atoms. The SMILES string of the molecule is CC(O)CC(C)CNC(=O)C1CC(=O)N(Cc2ccco2)C1. The number of nitrogens with zero attached hydrogens (tertiary/aromatic N) is 1. The molecule has 0 saturated carbocycles. The van der Waals surface area contributed by atoms with Crippen LogP contribution in [0.15, 0.2) is 22.8 Å². The van der Waals surface area contributed by atoms with Crippen LogP contribution in [0, 0.1) is 11.8 Å². The normalized spacial score (nSPS) is 21.0. The molecule has 1 aromatic rings. The van der Waals surface area contributed by atoms with Gasteiger partial charge in [0.05, 0.1) is 24.8 Å². The molecule has 1 aliphatic rings. The van der Waals surface area contributed by atoms with E-state index in [1.807, 2.05) is 13.0 Å². The number of nitrogens with one attached hydrogen (secondary N) is 1. The van der Waals surface area contributed by atoms with E-state index < -0.39 is 0 Å². The number of aliphatic hydroxyl groups excluding tert-OH is 1. The predicted octanol–water partition coefficient (Wildman–Crippen LogP) is 1.15. The van der Waals surface area contributed by atoms with Gasteiger partial charge in [0.25, 0.3) is 0 Å². The van der Waals surface area contributed by atoms with Crippen molar-refractivity contribution in [2.24, 2.45) is 11.8 Å². The molecule has 3 unspecified atom stereocenters. The predicted molar refractivity (Wildman–Crippen MR) is 80.7 cm³/mol. The Bertz CT molecular complexity index is 498. The zero-order chi connectivity index (χ0) is 16.1. The van der Waals surface area contributed by atoms with Crippen LogP contribution in [0.4, 0.5) is 0 Å². The third kappa shape index (κ3) is 4.59. The highest BCUT2D eigenvalue weighted by atomic mass is 16.3. The van der Waals surface area contributed by atoms with Crippen molar-refractivity contribution in [3.8, 4) is 0 Å². The first-order valence-corrected chi connectivity index (χ1v) is 7.71. The second kappa shape index (κ2) is 7.45. The number of hydrogen-bond donors (Lipinski definition) is 2. The lowest BCUT2D eigenvalue weighted by molar-refractivity contribution is -0.129. The number of carbonyl (C=O) groups is 2.